The number of urea groups is 1. The molecule has 0 atom stereocenters. The first kappa shape index (κ1) is 20.7. The van der Waals surface area contributed by atoms with Crippen molar-refractivity contribution in [3.63, 3.8) is 0 Å². The summed E-state index contributed by atoms with van der Waals surface area (Å²) < 4.78 is 1.83. The molecule has 7 heteroatoms. The molecule has 2 heterocycles. The maximum atomic E-state index is 12.6. The molecule has 0 bridgehead atoms. The van der Waals surface area contributed by atoms with Crippen LogP contribution in [0.5, 0.6) is 0 Å². The lowest BCUT2D eigenvalue weighted by molar-refractivity contribution is -0.128. The zero-order chi connectivity index (χ0) is 21.8. The van der Waals surface area contributed by atoms with Gasteiger partial charge >= 0.3 is 6.03 Å². The second kappa shape index (κ2) is 9.04. The lowest BCUT2D eigenvalue weighted by Gasteiger charge is -2.16. The average molecular weight is 418 g/mol. The van der Waals surface area contributed by atoms with Crippen LogP contribution in [0.15, 0.2) is 54.6 Å². The molecule has 3 aromatic rings. The van der Waals surface area contributed by atoms with Crippen molar-refractivity contribution in [3.05, 3.63) is 77.1 Å². The minimum atomic E-state index is -0.283. The number of hydrogen-bond acceptors (Lipinski definition) is 3. The Morgan fingerprint density at radius 2 is 1.87 bits per heavy atom. The van der Waals surface area contributed by atoms with Gasteiger partial charge in [-0.05, 0) is 49.6 Å². The van der Waals surface area contributed by atoms with Crippen LogP contribution in [0.25, 0.3) is 5.69 Å². The van der Waals surface area contributed by atoms with E-state index in [4.69, 9.17) is 0 Å². The van der Waals surface area contributed by atoms with Crippen molar-refractivity contribution < 1.29 is 9.59 Å². The van der Waals surface area contributed by atoms with E-state index in [1.165, 1.54) is 0 Å². The monoisotopic (exact) mass is 417 g/mol. The number of carbonyl (C=O) groups is 2. The highest BCUT2D eigenvalue weighted by Gasteiger charge is 2.20. The molecule has 1 aliphatic rings. The molecule has 2 aromatic carbocycles. The predicted molar refractivity (Wildman–Crippen MR) is 120 cm³/mol. The fraction of sp³-hybridized carbons (Fsp3) is 0.292. The first-order valence-corrected chi connectivity index (χ1v) is 10.5. The minimum Gasteiger partial charge on any atom is -0.338 e. The van der Waals surface area contributed by atoms with Crippen LogP contribution >= 0.6 is 0 Å². The number of aromatic nitrogens is 2. The summed E-state index contributed by atoms with van der Waals surface area (Å²) in [5, 5.41) is 10.4. The standard InChI is InChI=1S/C24H27N5O2/c1-17-13-18(2)29(27-17)22-10-4-3-9-21(22)26-24(31)25-15-19-7-5-8-20(14-19)16-28-12-6-11-23(28)30/h3-5,7-10,13-14H,6,11-12,15-16H2,1-2H3,(H2,25,26,31). The van der Waals surface area contributed by atoms with Gasteiger partial charge in [0.2, 0.25) is 5.91 Å². The normalized spacial score (nSPS) is 13.5. The second-order valence-electron chi connectivity index (χ2n) is 7.90. The molecule has 1 aromatic heterocycles. The van der Waals surface area contributed by atoms with Gasteiger partial charge in [0, 0.05) is 31.7 Å². The molecule has 160 valence electrons. The van der Waals surface area contributed by atoms with E-state index >= 15 is 0 Å². The van der Waals surface area contributed by atoms with Gasteiger partial charge in [-0.1, -0.05) is 36.4 Å². The van der Waals surface area contributed by atoms with E-state index in [2.05, 4.69) is 15.7 Å². The molecular weight excluding hydrogens is 390 g/mol. The molecule has 1 aliphatic heterocycles. The summed E-state index contributed by atoms with van der Waals surface area (Å²) in [5.41, 5.74) is 5.50. The highest BCUT2D eigenvalue weighted by molar-refractivity contribution is 5.91. The van der Waals surface area contributed by atoms with Crippen molar-refractivity contribution in [1.82, 2.24) is 20.0 Å². The van der Waals surface area contributed by atoms with E-state index < -0.39 is 0 Å². The fourth-order valence-electron chi connectivity index (χ4n) is 3.92. The number of benzene rings is 2. The third-order valence-corrected chi connectivity index (χ3v) is 5.38. The van der Waals surface area contributed by atoms with Crippen molar-refractivity contribution in [2.45, 2.75) is 39.8 Å². The first-order chi connectivity index (χ1) is 15.0. The Bertz CT molecular complexity index is 1100. The van der Waals surface area contributed by atoms with Crippen LogP contribution in [0.2, 0.25) is 0 Å². The van der Waals surface area contributed by atoms with Gasteiger partial charge < -0.3 is 15.5 Å². The molecule has 4 rings (SSSR count). The minimum absolute atomic E-state index is 0.212. The Kier molecular flexibility index (Phi) is 6.02. The summed E-state index contributed by atoms with van der Waals surface area (Å²) in [6.07, 6.45) is 1.57. The van der Waals surface area contributed by atoms with Gasteiger partial charge in [0.1, 0.15) is 0 Å². The molecule has 0 aliphatic carbocycles. The third-order valence-electron chi connectivity index (χ3n) is 5.38. The topological polar surface area (TPSA) is 79.3 Å². The van der Waals surface area contributed by atoms with E-state index in [9.17, 15) is 9.59 Å². The molecule has 31 heavy (non-hydrogen) atoms. The van der Waals surface area contributed by atoms with Crippen molar-refractivity contribution in [2.24, 2.45) is 0 Å². The summed E-state index contributed by atoms with van der Waals surface area (Å²) in [7, 11) is 0. The quantitative estimate of drug-likeness (QED) is 0.638. The van der Waals surface area contributed by atoms with Crippen LogP contribution in [-0.2, 0) is 17.9 Å². The number of amides is 3. The van der Waals surface area contributed by atoms with Gasteiger partial charge in [-0.3, -0.25) is 4.79 Å². The Labute approximate surface area is 182 Å². The van der Waals surface area contributed by atoms with Crippen LogP contribution < -0.4 is 10.6 Å². The largest absolute Gasteiger partial charge is 0.338 e. The van der Waals surface area contributed by atoms with E-state index in [-0.39, 0.29) is 11.9 Å². The molecule has 1 fully saturated rings. The molecule has 0 saturated carbocycles. The van der Waals surface area contributed by atoms with E-state index in [0.29, 0.717) is 25.2 Å². The lowest BCUT2D eigenvalue weighted by Crippen LogP contribution is -2.29. The van der Waals surface area contributed by atoms with Gasteiger partial charge in [0.05, 0.1) is 17.1 Å². The van der Waals surface area contributed by atoms with Crippen LogP contribution in [-0.4, -0.2) is 33.2 Å². The summed E-state index contributed by atoms with van der Waals surface area (Å²) in [6, 6.07) is 17.3. The average Bonchev–Trinajstić information content (AvgIpc) is 3.31. The zero-order valence-corrected chi connectivity index (χ0v) is 17.9. The van der Waals surface area contributed by atoms with Crippen LogP contribution in [0.1, 0.15) is 35.4 Å². The fourth-order valence-corrected chi connectivity index (χ4v) is 3.92. The van der Waals surface area contributed by atoms with Crippen LogP contribution in [0, 0.1) is 13.8 Å². The van der Waals surface area contributed by atoms with Crippen molar-refractivity contribution in [3.8, 4) is 5.69 Å². The second-order valence-corrected chi connectivity index (χ2v) is 7.90. The number of anilines is 1. The van der Waals surface area contributed by atoms with E-state index in [1.807, 2.05) is 78.0 Å². The summed E-state index contributed by atoms with van der Waals surface area (Å²) in [6.45, 7) is 5.77. The Morgan fingerprint density at radius 1 is 1.06 bits per heavy atom. The maximum Gasteiger partial charge on any atom is 0.319 e. The number of likely N-dealkylation sites (tertiary alicyclic amines) is 1. The Balaban J connectivity index is 1.39. The van der Waals surface area contributed by atoms with E-state index in [0.717, 1.165) is 41.2 Å². The zero-order valence-electron chi connectivity index (χ0n) is 17.9. The molecule has 2 N–H and O–H groups in total. The Morgan fingerprint density at radius 3 is 2.61 bits per heavy atom. The number of para-hydroxylation sites is 2. The highest BCUT2D eigenvalue weighted by atomic mass is 16.2. The lowest BCUT2D eigenvalue weighted by atomic mass is 10.1. The maximum absolute atomic E-state index is 12.6. The molecule has 0 unspecified atom stereocenters. The van der Waals surface area contributed by atoms with Gasteiger partial charge in [-0.25, -0.2) is 9.48 Å². The molecule has 0 spiro atoms. The number of nitrogens with one attached hydrogen (secondary N) is 2. The molecule has 7 nitrogen and oxygen atoms in total. The molecule has 1 saturated heterocycles. The smallest absolute Gasteiger partial charge is 0.319 e. The summed E-state index contributed by atoms with van der Waals surface area (Å²) in [5.74, 6) is 0.212. The number of hydrogen-bond donors (Lipinski definition) is 2. The van der Waals surface area contributed by atoms with Gasteiger partial charge in [-0.2, -0.15) is 5.10 Å². The number of carbonyl (C=O) groups excluding carboxylic acids is 2. The van der Waals surface area contributed by atoms with Gasteiger partial charge in [0.25, 0.3) is 0 Å². The van der Waals surface area contributed by atoms with Crippen molar-refractivity contribution in [2.75, 3.05) is 11.9 Å². The summed E-state index contributed by atoms with van der Waals surface area (Å²) in [4.78, 5) is 26.3. The summed E-state index contributed by atoms with van der Waals surface area (Å²) >= 11 is 0. The SMILES string of the molecule is Cc1cc(C)n(-c2ccccc2NC(=O)NCc2cccc(CN3CCCC3=O)c2)n1. The van der Waals surface area contributed by atoms with Gasteiger partial charge in [-0.15, -0.1) is 0 Å². The molecule has 0 radical (unpaired) electrons. The number of nitrogens with zero attached hydrogens (tertiary/aromatic N) is 3. The van der Waals surface area contributed by atoms with Crippen LogP contribution in [0.4, 0.5) is 10.5 Å². The first-order valence-electron chi connectivity index (χ1n) is 10.5. The third kappa shape index (κ3) is 4.94. The van der Waals surface area contributed by atoms with E-state index in [1.54, 1.807) is 0 Å². The van der Waals surface area contributed by atoms with Crippen molar-refractivity contribution >= 4 is 17.6 Å². The van der Waals surface area contributed by atoms with Gasteiger partial charge in [0.15, 0.2) is 0 Å². The number of aryl methyl sites for hydroxylation is 2. The molecular formula is C24H27N5O2. The Hall–Kier alpha value is -3.61. The highest BCUT2D eigenvalue weighted by Crippen LogP contribution is 2.21. The van der Waals surface area contributed by atoms with Crippen LogP contribution in [0.3, 0.4) is 0 Å². The van der Waals surface area contributed by atoms with Crippen molar-refractivity contribution in [1.29, 1.82) is 0 Å². The predicted octanol–water partition coefficient (Wildman–Crippen LogP) is 3.93. The number of rotatable bonds is 6. The molecule has 3 amide bonds.